The first-order chi connectivity index (χ1) is 9.79. The Morgan fingerprint density at radius 1 is 1.25 bits per heavy atom. The number of rotatable bonds is 3. The molecule has 1 aromatic rings. The molecule has 108 valence electrons. The summed E-state index contributed by atoms with van der Waals surface area (Å²) in [6, 6.07) is 8.69. The number of hydrogen-bond donors (Lipinski definition) is 1. The number of nitrogens with zero attached hydrogens (tertiary/aromatic N) is 1. The second-order valence-electron chi connectivity index (χ2n) is 5.68. The van der Waals surface area contributed by atoms with E-state index in [0.29, 0.717) is 17.6 Å². The third-order valence-electron chi connectivity index (χ3n) is 4.53. The lowest BCUT2D eigenvalue weighted by atomic mass is 9.98. The van der Waals surface area contributed by atoms with E-state index < -0.39 is 0 Å². The number of nitrogens with one attached hydrogen (secondary N) is 1. The Kier molecular flexibility index (Phi) is 3.92. The van der Waals surface area contributed by atoms with Gasteiger partial charge in [0.25, 0.3) is 0 Å². The molecule has 2 unspecified atom stereocenters. The molecule has 4 heteroatoms. The van der Waals surface area contributed by atoms with Crippen LogP contribution in [0.1, 0.15) is 36.0 Å². The first-order valence-electron chi connectivity index (χ1n) is 7.47. The van der Waals surface area contributed by atoms with Crippen LogP contribution < -0.4 is 5.32 Å². The van der Waals surface area contributed by atoms with Gasteiger partial charge in [0.1, 0.15) is 0 Å². The third-order valence-corrected chi connectivity index (χ3v) is 4.53. The summed E-state index contributed by atoms with van der Waals surface area (Å²) < 4.78 is 4.86. The Hall–Kier alpha value is -1.55. The van der Waals surface area contributed by atoms with Crippen LogP contribution >= 0.6 is 0 Å². The van der Waals surface area contributed by atoms with Gasteiger partial charge < -0.3 is 10.1 Å². The molecule has 2 heterocycles. The second kappa shape index (κ2) is 5.83. The number of benzene rings is 1. The molecular formula is C16H22N2O2. The molecule has 0 saturated carbocycles. The zero-order chi connectivity index (χ0) is 13.9. The fourth-order valence-electron chi connectivity index (χ4n) is 3.51. The van der Waals surface area contributed by atoms with Crippen LogP contribution in [0.15, 0.2) is 24.3 Å². The van der Waals surface area contributed by atoms with E-state index >= 15 is 0 Å². The molecule has 1 aromatic carbocycles. The van der Waals surface area contributed by atoms with E-state index in [0.717, 1.165) is 12.1 Å². The van der Waals surface area contributed by atoms with Crippen molar-refractivity contribution in [2.75, 3.05) is 25.5 Å². The lowest BCUT2D eigenvalue weighted by Crippen LogP contribution is -2.41. The van der Waals surface area contributed by atoms with Crippen molar-refractivity contribution in [3.63, 3.8) is 0 Å². The Morgan fingerprint density at radius 3 is 2.95 bits per heavy atom. The molecule has 0 bridgehead atoms. The smallest absolute Gasteiger partial charge is 0.339 e. The molecule has 3 rings (SSSR count). The first kappa shape index (κ1) is 13.4. The van der Waals surface area contributed by atoms with E-state index in [-0.39, 0.29) is 5.97 Å². The minimum atomic E-state index is -0.272. The van der Waals surface area contributed by atoms with E-state index in [2.05, 4.69) is 10.2 Å². The van der Waals surface area contributed by atoms with E-state index in [1.54, 1.807) is 0 Å². The zero-order valence-corrected chi connectivity index (χ0v) is 12.0. The minimum absolute atomic E-state index is 0.272. The maximum Gasteiger partial charge on any atom is 0.339 e. The van der Waals surface area contributed by atoms with Crippen molar-refractivity contribution in [3.8, 4) is 0 Å². The maximum atomic E-state index is 11.8. The molecule has 2 atom stereocenters. The molecule has 0 aromatic heterocycles. The predicted molar refractivity (Wildman–Crippen MR) is 79.0 cm³/mol. The summed E-state index contributed by atoms with van der Waals surface area (Å²) >= 11 is 0. The standard InChI is InChI=1S/C16H22N2O2/c1-20-16(19)12-6-2-3-7-13(12)17-14-9-11-18-10-5-4-8-15(14)18/h2-3,6-7,14-15,17H,4-5,8-11H2,1H3. The van der Waals surface area contributed by atoms with E-state index in [1.165, 1.54) is 39.5 Å². The van der Waals surface area contributed by atoms with Crippen molar-refractivity contribution >= 4 is 11.7 Å². The first-order valence-corrected chi connectivity index (χ1v) is 7.47. The number of ether oxygens (including phenoxy) is 1. The highest BCUT2D eigenvalue weighted by molar-refractivity contribution is 5.95. The summed E-state index contributed by atoms with van der Waals surface area (Å²) in [5.74, 6) is -0.272. The van der Waals surface area contributed by atoms with Gasteiger partial charge in [0, 0.05) is 24.3 Å². The average molecular weight is 274 g/mol. The van der Waals surface area contributed by atoms with Gasteiger partial charge in [0.15, 0.2) is 0 Å². The van der Waals surface area contributed by atoms with Gasteiger partial charge in [-0.15, -0.1) is 0 Å². The predicted octanol–water partition coefficient (Wildman–Crippen LogP) is 2.51. The Balaban J connectivity index is 1.76. The zero-order valence-electron chi connectivity index (χ0n) is 12.0. The summed E-state index contributed by atoms with van der Waals surface area (Å²) in [7, 11) is 1.43. The van der Waals surface area contributed by atoms with Crippen molar-refractivity contribution < 1.29 is 9.53 Å². The number of piperidine rings is 1. The van der Waals surface area contributed by atoms with Gasteiger partial charge in [-0.25, -0.2) is 4.79 Å². The highest BCUT2D eigenvalue weighted by Crippen LogP contribution is 2.30. The highest BCUT2D eigenvalue weighted by atomic mass is 16.5. The van der Waals surface area contributed by atoms with Crippen molar-refractivity contribution in [1.82, 2.24) is 4.90 Å². The Morgan fingerprint density at radius 2 is 2.10 bits per heavy atom. The van der Waals surface area contributed by atoms with Gasteiger partial charge >= 0.3 is 5.97 Å². The van der Waals surface area contributed by atoms with E-state index in [4.69, 9.17) is 4.74 Å². The molecule has 2 fully saturated rings. The normalized spacial score (nSPS) is 26.1. The molecule has 0 amide bonds. The van der Waals surface area contributed by atoms with Crippen LogP contribution in [0.2, 0.25) is 0 Å². The van der Waals surface area contributed by atoms with Crippen LogP contribution in [0, 0.1) is 0 Å². The fraction of sp³-hybridized carbons (Fsp3) is 0.562. The summed E-state index contributed by atoms with van der Waals surface area (Å²) in [6.07, 6.45) is 5.05. The summed E-state index contributed by atoms with van der Waals surface area (Å²) in [5, 5.41) is 3.58. The number of anilines is 1. The van der Waals surface area contributed by atoms with Crippen molar-refractivity contribution in [3.05, 3.63) is 29.8 Å². The summed E-state index contributed by atoms with van der Waals surface area (Å²) in [4.78, 5) is 14.4. The molecule has 2 saturated heterocycles. The van der Waals surface area contributed by atoms with Crippen molar-refractivity contribution in [2.45, 2.75) is 37.8 Å². The summed E-state index contributed by atoms with van der Waals surface area (Å²) in [6.45, 7) is 2.39. The van der Waals surface area contributed by atoms with Crippen LogP contribution in [-0.4, -0.2) is 43.2 Å². The van der Waals surface area contributed by atoms with E-state index in [9.17, 15) is 4.79 Å². The Bertz CT molecular complexity index is 489. The molecule has 2 aliphatic heterocycles. The average Bonchev–Trinajstić information content (AvgIpc) is 2.90. The summed E-state index contributed by atoms with van der Waals surface area (Å²) in [5.41, 5.74) is 1.53. The third kappa shape index (κ3) is 2.52. The number of esters is 1. The maximum absolute atomic E-state index is 11.8. The number of fused-ring (bicyclic) bond motifs is 1. The van der Waals surface area contributed by atoms with Gasteiger partial charge in [0.2, 0.25) is 0 Å². The molecule has 0 radical (unpaired) electrons. The van der Waals surface area contributed by atoms with Crippen LogP contribution in [-0.2, 0) is 4.74 Å². The van der Waals surface area contributed by atoms with Gasteiger partial charge in [-0.2, -0.15) is 0 Å². The number of para-hydroxylation sites is 1. The number of carbonyl (C=O) groups is 1. The fourth-order valence-corrected chi connectivity index (χ4v) is 3.51. The van der Waals surface area contributed by atoms with Gasteiger partial charge in [-0.1, -0.05) is 18.6 Å². The molecule has 4 nitrogen and oxygen atoms in total. The molecular weight excluding hydrogens is 252 g/mol. The Labute approximate surface area is 120 Å². The number of hydrogen-bond acceptors (Lipinski definition) is 4. The van der Waals surface area contributed by atoms with Crippen LogP contribution in [0.5, 0.6) is 0 Å². The van der Waals surface area contributed by atoms with Crippen LogP contribution in [0.25, 0.3) is 0 Å². The van der Waals surface area contributed by atoms with Crippen molar-refractivity contribution in [2.24, 2.45) is 0 Å². The molecule has 0 aliphatic carbocycles. The number of carbonyl (C=O) groups excluding carboxylic acids is 1. The quantitative estimate of drug-likeness (QED) is 0.860. The van der Waals surface area contributed by atoms with Crippen LogP contribution in [0.3, 0.4) is 0 Å². The molecule has 20 heavy (non-hydrogen) atoms. The van der Waals surface area contributed by atoms with Crippen LogP contribution in [0.4, 0.5) is 5.69 Å². The number of methoxy groups -OCH3 is 1. The van der Waals surface area contributed by atoms with Gasteiger partial charge in [0.05, 0.1) is 12.7 Å². The topological polar surface area (TPSA) is 41.6 Å². The van der Waals surface area contributed by atoms with Crippen molar-refractivity contribution in [1.29, 1.82) is 0 Å². The van der Waals surface area contributed by atoms with Gasteiger partial charge in [-0.05, 0) is 37.9 Å². The second-order valence-corrected chi connectivity index (χ2v) is 5.68. The SMILES string of the molecule is COC(=O)c1ccccc1NC1CCN2CCCCC12. The molecule has 2 aliphatic rings. The highest BCUT2D eigenvalue weighted by Gasteiger charge is 2.35. The van der Waals surface area contributed by atoms with Gasteiger partial charge in [-0.3, -0.25) is 4.90 Å². The lowest BCUT2D eigenvalue weighted by molar-refractivity contribution is 0.0601. The molecule has 1 N–H and O–H groups in total. The largest absolute Gasteiger partial charge is 0.465 e. The van der Waals surface area contributed by atoms with E-state index in [1.807, 2.05) is 24.3 Å². The minimum Gasteiger partial charge on any atom is -0.465 e. The molecule has 0 spiro atoms. The lowest BCUT2D eigenvalue weighted by Gasteiger charge is -2.33. The monoisotopic (exact) mass is 274 g/mol.